The molecule has 0 radical (unpaired) electrons. The van der Waals surface area contributed by atoms with Crippen molar-refractivity contribution in [2.75, 3.05) is 6.67 Å². The van der Waals surface area contributed by atoms with E-state index in [0.717, 1.165) is 22.4 Å². The Kier molecular flexibility index (Phi) is 5.86. The molecule has 0 aliphatic rings. The molecule has 0 saturated carbocycles. The molecule has 0 unspecified atom stereocenters. The minimum atomic E-state index is -0.491. The summed E-state index contributed by atoms with van der Waals surface area (Å²) in [6.45, 7) is -0.144. The van der Waals surface area contributed by atoms with Crippen molar-refractivity contribution in [3.63, 3.8) is 0 Å². The first kappa shape index (κ1) is 21.5. The number of alkyl halides is 1. The van der Waals surface area contributed by atoms with Crippen LogP contribution in [0, 0.1) is 0 Å². The van der Waals surface area contributed by atoms with E-state index < -0.39 is 6.67 Å². The van der Waals surface area contributed by atoms with E-state index in [2.05, 4.69) is 15.1 Å². The number of fused-ring (bicyclic) bond motifs is 1. The summed E-state index contributed by atoms with van der Waals surface area (Å²) in [7, 11) is 1.69. The van der Waals surface area contributed by atoms with Gasteiger partial charge in [-0.25, -0.2) is 9.37 Å². The highest BCUT2D eigenvalue weighted by molar-refractivity contribution is 5.80. The van der Waals surface area contributed by atoms with Gasteiger partial charge in [0.05, 0.1) is 17.4 Å². The van der Waals surface area contributed by atoms with Gasteiger partial charge in [-0.1, -0.05) is 12.1 Å². The van der Waals surface area contributed by atoms with Crippen LogP contribution in [0.1, 0.15) is 5.82 Å². The molecule has 5 rings (SSSR count). The van der Waals surface area contributed by atoms with Gasteiger partial charge in [0.1, 0.15) is 30.5 Å². The van der Waals surface area contributed by atoms with Crippen LogP contribution in [-0.2, 0) is 20.2 Å². The highest BCUT2D eigenvalue weighted by Crippen LogP contribution is 2.31. The Bertz CT molecular complexity index is 1490. The largest absolute Gasteiger partial charge is 0.486 e. The molecule has 0 amide bonds. The maximum absolute atomic E-state index is 12.9. The standard InChI is InChI=1S/C26H22FN5O2/c1-31-24(29-23-5-3-2-4-21(23)26(31)33)17-34-20-8-6-19(7-9-20)25-22(16-32(30-25)15-12-27)18-10-13-28-14-11-18/h2-11,13-14,16H,12,15,17H2,1H3. The Hall–Kier alpha value is -4.33. The van der Waals surface area contributed by atoms with Crippen LogP contribution in [0.15, 0.2) is 84.0 Å². The number of aromatic nitrogens is 5. The summed E-state index contributed by atoms with van der Waals surface area (Å²) >= 11 is 0. The molecule has 0 spiro atoms. The Morgan fingerprint density at radius 1 is 0.971 bits per heavy atom. The second kappa shape index (κ2) is 9.27. The Balaban J connectivity index is 1.39. The molecule has 8 heteroatoms. The second-order valence-corrected chi connectivity index (χ2v) is 7.80. The summed E-state index contributed by atoms with van der Waals surface area (Å²) < 4.78 is 22.0. The topological polar surface area (TPSA) is 74.8 Å². The Morgan fingerprint density at radius 3 is 2.50 bits per heavy atom. The summed E-state index contributed by atoms with van der Waals surface area (Å²) in [6.07, 6.45) is 5.29. The third-order valence-electron chi connectivity index (χ3n) is 5.64. The molecule has 3 aromatic heterocycles. The number of aryl methyl sites for hydroxylation is 1. The van der Waals surface area contributed by atoms with Crippen LogP contribution in [0.25, 0.3) is 33.3 Å². The lowest BCUT2D eigenvalue weighted by Gasteiger charge is -2.11. The summed E-state index contributed by atoms with van der Waals surface area (Å²) in [4.78, 5) is 21.2. The van der Waals surface area contributed by atoms with E-state index in [1.54, 1.807) is 30.2 Å². The Labute approximate surface area is 195 Å². The van der Waals surface area contributed by atoms with Crippen molar-refractivity contribution < 1.29 is 9.13 Å². The minimum absolute atomic E-state index is 0.105. The van der Waals surface area contributed by atoms with E-state index in [-0.39, 0.29) is 18.7 Å². The SMILES string of the molecule is Cn1c(COc2ccc(-c3nn(CCF)cc3-c3ccncc3)cc2)nc2ccccc2c1=O. The highest BCUT2D eigenvalue weighted by Gasteiger charge is 2.14. The van der Waals surface area contributed by atoms with E-state index >= 15 is 0 Å². The summed E-state index contributed by atoms with van der Waals surface area (Å²) in [5.41, 5.74) is 4.04. The van der Waals surface area contributed by atoms with Crippen molar-refractivity contribution in [2.24, 2.45) is 7.05 Å². The van der Waals surface area contributed by atoms with Gasteiger partial charge >= 0.3 is 0 Å². The lowest BCUT2D eigenvalue weighted by molar-refractivity contribution is 0.290. The van der Waals surface area contributed by atoms with Gasteiger partial charge in [-0.15, -0.1) is 0 Å². The van der Waals surface area contributed by atoms with E-state index in [0.29, 0.717) is 22.5 Å². The lowest BCUT2D eigenvalue weighted by Crippen LogP contribution is -2.23. The third kappa shape index (κ3) is 4.17. The molecule has 2 aromatic carbocycles. The van der Waals surface area contributed by atoms with Gasteiger partial charge in [-0.05, 0) is 54.1 Å². The molecule has 0 aliphatic heterocycles. The fourth-order valence-electron chi connectivity index (χ4n) is 3.83. The normalized spacial score (nSPS) is 11.1. The molecule has 0 saturated heterocycles. The van der Waals surface area contributed by atoms with E-state index in [4.69, 9.17) is 4.74 Å². The van der Waals surface area contributed by atoms with Gasteiger partial charge < -0.3 is 4.74 Å². The van der Waals surface area contributed by atoms with Gasteiger partial charge in [-0.2, -0.15) is 5.10 Å². The fraction of sp³-hybridized carbons (Fsp3) is 0.154. The van der Waals surface area contributed by atoms with Crippen molar-refractivity contribution in [1.82, 2.24) is 24.3 Å². The molecule has 7 nitrogen and oxygen atoms in total. The van der Waals surface area contributed by atoms with Crippen molar-refractivity contribution in [3.8, 4) is 28.1 Å². The minimum Gasteiger partial charge on any atom is -0.486 e. The van der Waals surface area contributed by atoms with Gasteiger partial charge in [0.15, 0.2) is 0 Å². The average molecular weight is 455 g/mol. The smallest absolute Gasteiger partial charge is 0.261 e. The van der Waals surface area contributed by atoms with Crippen LogP contribution in [0.5, 0.6) is 5.75 Å². The number of para-hydroxylation sites is 1. The zero-order valence-electron chi connectivity index (χ0n) is 18.6. The van der Waals surface area contributed by atoms with Crippen LogP contribution >= 0.6 is 0 Å². The number of nitrogens with zero attached hydrogens (tertiary/aromatic N) is 5. The summed E-state index contributed by atoms with van der Waals surface area (Å²) in [6, 6.07) is 18.6. The number of hydrogen-bond acceptors (Lipinski definition) is 5. The van der Waals surface area contributed by atoms with Crippen LogP contribution < -0.4 is 10.3 Å². The van der Waals surface area contributed by atoms with Gasteiger partial charge in [-0.3, -0.25) is 19.0 Å². The van der Waals surface area contributed by atoms with Crippen LogP contribution in [0.3, 0.4) is 0 Å². The van der Waals surface area contributed by atoms with Gasteiger partial charge in [0, 0.05) is 36.8 Å². The van der Waals surface area contributed by atoms with Crippen LogP contribution in [0.4, 0.5) is 4.39 Å². The number of pyridine rings is 1. The fourth-order valence-corrected chi connectivity index (χ4v) is 3.83. The van der Waals surface area contributed by atoms with E-state index in [1.807, 2.05) is 60.8 Å². The molecular formula is C26H22FN5O2. The number of hydrogen-bond donors (Lipinski definition) is 0. The highest BCUT2D eigenvalue weighted by atomic mass is 19.1. The van der Waals surface area contributed by atoms with Crippen molar-refractivity contribution in [1.29, 1.82) is 0 Å². The first-order chi connectivity index (χ1) is 16.6. The zero-order chi connectivity index (χ0) is 23.5. The van der Waals surface area contributed by atoms with Crippen molar-refractivity contribution in [2.45, 2.75) is 13.2 Å². The molecule has 3 heterocycles. The van der Waals surface area contributed by atoms with E-state index in [1.165, 1.54) is 4.57 Å². The average Bonchev–Trinajstić information content (AvgIpc) is 3.30. The first-order valence-electron chi connectivity index (χ1n) is 10.9. The van der Waals surface area contributed by atoms with Gasteiger partial charge in [0.25, 0.3) is 5.56 Å². The van der Waals surface area contributed by atoms with Crippen LogP contribution in [0.2, 0.25) is 0 Å². The molecule has 170 valence electrons. The predicted octanol–water partition coefficient (Wildman–Crippen LogP) is 4.41. The maximum atomic E-state index is 12.9. The lowest BCUT2D eigenvalue weighted by atomic mass is 10.0. The monoisotopic (exact) mass is 455 g/mol. The van der Waals surface area contributed by atoms with Crippen LogP contribution in [-0.4, -0.2) is 31.0 Å². The zero-order valence-corrected chi connectivity index (χ0v) is 18.6. The molecule has 0 aliphatic carbocycles. The predicted molar refractivity (Wildman–Crippen MR) is 128 cm³/mol. The molecular weight excluding hydrogens is 433 g/mol. The molecule has 34 heavy (non-hydrogen) atoms. The summed E-state index contributed by atoms with van der Waals surface area (Å²) in [5, 5.41) is 5.17. The molecule has 0 fully saturated rings. The molecule has 0 N–H and O–H groups in total. The van der Waals surface area contributed by atoms with Gasteiger partial charge in [0.2, 0.25) is 0 Å². The number of rotatable bonds is 7. The quantitative estimate of drug-likeness (QED) is 0.364. The summed E-state index contributed by atoms with van der Waals surface area (Å²) in [5.74, 6) is 1.18. The number of halogens is 1. The second-order valence-electron chi connectivity index (χ2n) is 7.80. The third-order valence-corrected chi connectivity index (χ3v) is 5.64. The molecule has 5 aromatic rings. The maximum Gasteiger partial charge on any atom is 0.261 e. The first-order valence-corrected chi connectivity index (χ1v) is 10.9. The van der Waals surface area contributed by atoms with Crippen molar-refractivity contribution in [3.05, 3.63) is 95.4 Å². The number of benzene rings is 2. The molecule has 0 bridgehead atoms. The van der Waals surface area contributed by atoms with E-state index in [9.17, 15) is 9.18 Å². The molecule has 0 atom stereocenters. The Morgan fingerprint density at radius 2 is 1.74 bits per heavy atom. The number of ether oxygens (including phenoxy) is 1. The van der Waals surface area contributed by atoms with Crippen molar-refractivity contribution >= 4 is 10.9 Å².